The summed E-state index contributed by atoms with van der Waals surface area (Å²) in [5.41, 5.74) is -0.146. The van der Waals surface area contributed by atoms with E-state index in [1.165, 1.54) is 0 Å². The number of hydrogen-bond acceptors (Lipinski definition) is 2. The van der Waals surface area contributed by atoms with Crippen molar-refractivity contribution in [1.29, 1.82) is 0 Å². The zero-order valence-electron chi connectivity index (χ0n) is 9.37. The number of carboxylic acid groups (broad SMARTS) is 1. The summed E-state index contributed by atoms with van der Waals surface area (Å²) < 4.78 is 25.7. The molecule has 0 aliphatic carbocycles. The zero-order valence-corrected chi connectivity index (χ0v) is 9.37. The molecule has 0 bridgehead atoms. The quantitative estimate of drug-likeness (QED) is 0.706. The van der Waals surface area contributed by atoms with E-state index in [0.29, 0.717) is 6.07 Å². The molecule has 5 nitrogen and oxygen atoms in total. The Morgan fingerprint density at radius 2 is 2.00 bits per heavy atom. The van der Waals surface area contributed by atoms with E-state index in [2.05, 4.69) is 10.6 Å². The van der Waals surface area contributed by atoms with Gasteiger partial charge in [-0.1, -0.05) is 0 Å². The summed E-state index contributed by atoms with van der Waals surface area (Å²) in [4.78, 5) is 21.5. The molecule has 0 saturated carbocycles. The van der Waals surface area contributed by atoms with Crippen molar-refractivity contribution in [2.45, 2.75) is 12.8 Å². The van der Waals surface area contributed by atoms with Gasteiger partial charge in [0.15, 0.2) is 0 Å². The lowest BCUT2D eigenvalue weighted by Gasteiger charge is -2.07. The van der Waals surface area contributed by atoms with Crippen LogP contribution in [0.5, 0.6) is 0 Å². The molecular weight excluding hydrogens is 246 g/mol. The number of carbonyl (C=O) groups excluding carboxylic acids is 1. The maximum Gasteiger partial charge on any atom is 0.319 e. The number of carboxylic acids is 1. The predicted octanol–water partition coefficient (Wildman–Crippen LogP) is 1.95. The number of aliphatic carboxylic acids is 1. The molecule has 7 heteroatoms. The first-order valence-electron chi connectivity index (χ1n) is 5.20. The lowest BCUT2D eigenvalue weighted by molar-refractivity contribution is -0.137. The van der Waals surface area contributed by atoms with Gasteiger partial charge in [-0.2, -0.15) is 0 Å². The first-order valence-corrected chi connectivity index (χ1v) is 5.20. The zero-order chi connectivity index (χ0) is 13.5. The Bertz CT molecular complexity index is 452. The maximum absolute atomic E-state index is 13.1. The maximum atomic E-state index is 13.1. The minimum atomic E-state index is -0.957. The molecule has 1 aromatic carbocycles. The van der Waals surface area contributed by atoms with Crippen molar-refractivity contribution >= 4 is 17.7 Å². The number of hydrogen-bond donors (Lipinski definition) is 3. The number of anilines is 1. The smallest absolute Gasteiger partial charge is 0.319 e. The third kappa shape index (κ3) is 4.77. The van der Waals surface area contributed by atoms with Gasteiger partial charge < -0.3 is 15.7 Å². The van der Waals surface area contributed by atoms with Gasteiger partial charge in [-0.3, -0.25) is 4.79 Å². The van der Waals surface area contributed by atoms with Gasteiger partial charge in [-0.05, 0) is 18.6 Å². The van der Waals surface area contributed by atoms with Gasteiger partial charge in [0.25, 0.3) is 0 Å². The number of carbonyl (C=O) groups is 2. The van der Waals surface area contributed by atoms with Crippen LogP contribution in [0.25, 0.3) is 0 Å². The van der Waals surface area contributed by atoms with Gasteiger partial charge in [-0.25, -0.2) is 13.6 Å². The Balaban J connectivity index is 2.38. The second kappa shape index (κ2) is 6.53. The van der Waals surface area contributed by atoms with Crippen LogP contribution in [-0.4, -0.2) is 23.7 Å². The van der Waals surface area contributed by atoms with E-state index in [1.54, 1.807) is 0 Å². The number of benzene rings is 1. The fourth-order valence-corrected chi connectivity index (χ4v) is 1.20. The normalized spacial score (nSPS) is 9.89. The molecule has 2 amide bonds. The van der Waals surface area contributed by atoms with Gasteiger partial charge in [0.1, 0.15) is 11.6 Å². The first kappa shape index (κ1) is 13.9. The van der Waals surface area contributed by atoms with Gasteiger partial charge in [0.2, 0.25) is 0 Å². The molecule has 0 heterocycles. The second-order valence-corrected chi connectivity index (χ2v) is 3.50. The highest BCUT2D eigenvalue weighted by Crippen LogP contribution is 2.14. The highest BCUT2D eigenvalue weighted by atomic mass is 19.1. The predicted molar refractivity (Wildman–Crippen MR) is 60.2 cm³/mol. The van der Waals surface area contributed by atoms with E-state index in [0.717, 1.165) is 12.1 Å². The van der Waals surface area contributed by atoms with E-state index in [1.807, 2.05) is 0 Å². The van der Waals surface area contributed by atoms with E-state index in [9.17, 15) is 18.4 Å². The third-order valence-corrected chi connectivity index (χ3v) is 2.03. The average Bonchev–Trinajstić information content (AvgIpc) is 2.28. The molecule has 0 fully saturated rings. The third-order valence-electron chi connectivity index (χ3n) is 2.03. The van der Waals surface area contributed by atoms with Crippen molar-refractivity contribution in [2.75, 3.05) is 11.9 Å². The highest BCUT2D eigenvalue weighted by molar-refractivity contribution is 5.89. The van der Waals surface area contributed by atoms with Crippen LogP contribution in [0.3, 0.4) is 0 Å². The monoisotopic (exact) mass is 258 g/mol. The Hall–Kier alpha value is -2.18. The first-order chi connectivity index (χ1) is 8.49. The van der Waals surface area contributed by atoms with Crippen molar-refractivity contribution in [3.8, 4) is 0 Å². The molecule has 18 heavy (non-hydrogen) atoms. The summed E-state index contributed by atoms with van der Waals surface area (Å²) in [5, 5.41) is 12.9. The van der Waals surface area contributed by atoms with Crippen molar-refractivity contribution in [3.63, 3.8) is 0 Å². The Morgan fingerprint density at radius 3 is 2.61 bits per heavy atom. The standard InChI is InChI=1S/C11H12F2N2O3/c12-7-3-4-9(8(13)6-7)15-11(18)14-5-1-2-10(16)17/h3-4,6H,1-2,5H2,(H,16,17)(H2,14,15,18). The lowest BCUT2D eigenvalue weighted by Crippen LogP contribution is -2.30. The van der Waals surface area contributed by atoms with Crippen LogP contribution < -0.4 is 10.6 Å². The lowest BCUT2D eigenvalue weighted by atomic mass is 10.3. The molecular formula is C11H12F2N2O3. The van der Waals surface area contributed by atoms with Crippen molar-refractivity contribution in [1.82, 2.24) is 5.32 Å². The number of amides is 2. The summed E-state index contributed by atoms with van der Waals surface area (Å²) >= 11 is 0. The average molecular weight is 258 g/mol. The van der Waals surface area contributed by atoms with E-state index < -0.39 is 23.6 Å². The Kier molecular flexibility index (Phi) is 5.04. The number of rotatable bonds is 5. The van der Waals surface area contributed by atoms with Crippen LogP contribution in [0.1, 0.15) is 12.8 Å². The molecule has 0 aromatic heterocycles. The molecule has 0 atom stereocenters. The minimum Gasteiger partial charge on any atom is -0.481 e. The molecule has 0 aliphatic rings. The minimum absolute atomic E-state index is 0.0643. The Labute approximate surface area is 102 Å². The van der Waals surface area contributed by atoms with Crippen LogP contribution in [0, 0.1) is 11.6 Å². The van der Waals surface area contributed by atoms with Crippen molar-refractivity contribution in [3.05, 3.63) is 29.8 Å². The number of nitrogens with one attached hydrogen (secondary N) is 2. The number of halogens is 2. The fourth-order valence-electron chi connectivity index (χ4n) is 1.20. The molecule has 0 unspecified atom stereocenters. The summed E-state index contributed by atoms with van der Waals surface area (Å²) in [5.74, 6) is -2.57. The molecule has 1 aromatic rings. The van der Waals surface area contributed by atoms with E-state index in [4.69, 9.17) is 5.11 Å². The van der Waals surface area contributed by atoms with Gasteiger partial charge in [0, 0.05) is 19.0 Å². The summed E-state index contributed by atoms with van der Waals surface area (Å²) in [7, 11) is 0. The van der Waals surface area contributed by atoms with Gasteiger partial charge in [0.05, 0.1) is 5.69 Å². The van der Waals surface area contributed by atoms with Gasteiger partial charge in [-0.15, -0.1) is 0 Å². The topological polar surface area (TPSA) is 78.4 Å². The fraction of sp³-hybridized carbons (Fsp3) is 0.273. The second-order valence-electron chi connectivity index (χ2n) is 3.50. The molecule has 0 aliphatic heterocycles. The Morgan fingerprint density at radius 1 is 1.28 bits per heavy atom. The van der Waals surface area contributed by atoms with Crippen LogP contribution in [0.15, 0.2) is 18.2 Å². The van der Waals surface area contributed by atoms with Crippen molar-refractivity contribution in [2.24, 2.45) is 0 Å². The van der Waals surface area contributed by atoms with Gasteiger partial charge >= 0.3 is 12.0 Å². The van der Waals surface area contributed by atoms with Crippen LogP contribution in [0.4, 0.5) is 19.3 Å². The highest BCUT2D eigenvalue weighted by Gasteiger charge is 2.07. The largest absolute Gasteiger partial charge is 0.481 e. The SMILES string of the molecule is O=C(O)CCCNC(=O)Nc1ccc(F)cc1F. The number of urea groups is 1. The van der Waals surface area contributed by atoms with E-state index >= 15 is 0 Å². The van der Waals surface area contributed by atoms with Crippen LogP contribution >= 0.6 is 0 Å². The summed E-state index contributed by atoms with van der Waals surface area (Å²) in [6.07, 6.45) is 0.208. The molecule has 1 rings (SSSR count). The molecule has 0 spiro atoms. The molecule has 98 valence electrons. The van der Waals surface area contributed by atoms with E-state index in [-0.39, 0.29) is 25.1 Å². The molecule has 0 saturated heterocycles. The summed E-state index contributed by atoms with van der Waals surface area (Å²) in [6.45, 7) is 0.154. The summed E-state index contributed by atoms with van der Waals surface area (Å²) in [6, 6.07) is 2.09. The van der Waals surface area contributed by atoms with Crippen molar-refractivity contribution < 1.29 is 23.5 Å². The van der Waals surface area contributed by atoms with Crippen LogP contribution in [0.2, 0.25) is 0 Å². The molecule has 3 N–H and O–H groups in total. The van der Waals surface area contributed by atoms with Crippen LogP contribution in [-0.2, 0) is 4.79 Å². The molecule has 0 radical (unpaired) electrons.